The number of anilines is 1. The Hall–Kier alpha value is -4.20. The van der Waals surface area contributed by atoms with E-state index in [0.29, 0.717) is 17.2 Å². The Bertz CT molecular complexity index is 1300. The zero-order valence-electron chi connectivity index (χ0n) is 18.0. The van der Waals surface area contributed by atoms with Crippen molar-refractivity contribution in [2.45, 2.75) is 20.8 Å². The standard InChI is InChI=1S/C24H22N4O4/c1-4-31-24(30)32-18-11-9-17(10-12-18)23(29)26-22-14-16(3)27-28(22)21-13-15(2)19-7-5-6-8-20(19)25-21/h5-14H,4H2,1-3H3,(H,26,29). The highest BCUT2D eigenvalue weighted by molar-refractivity contribution is 6.04. The van der Waals surface area contributed by atoms with Crippen LogP contribution in [0.25, 0.3) is 16.7 Å². The monoisotopic (exact) mass is 430 g/mol. The molecule has 0 aliphatic rings. The third-order valence-corrected chi connectivity index (χ3v) is 4.78. The summed E-state index contributed by atoms with van der Waals surface area (Å²) in [6.45, 7) is 5.78. The fourth-order valence-corrected chi connectivity index (χ4v) is 3.31. The molecule has 0 aliphatic heterocycles. The number of fused-ring (bicyclic) bond motifs is 1. The molecule has 0 atom stereocenters. The molecule has 0 saturated heterocycles. The lowest BCUT2D eigenvalue weighted by Gasteiger charge is -2.11. The number of amides is 1. The van der Waals surface area contributed by atoms with Crippen LogP contribution in [0.15, 0.2) is 60.7 Å². The highest BCUT2D eigenvalue weighted by Gasteiger charge is 2.15. The van der Waals surface area contributed by atoms with Crippen LogP contribution in [0.5, 0.6) is 5.75 Å². The Morgan fingerprint density at radius 1 is 1.03 bits per heavy atom. The first-order chi connectivity index (χ1) is 15.4. The number of carbonyl (C=O) groups excluding carboxylic acids is 2. The van der Waals surface area contributed by atoms with Gasteiger partial charge in [-0.3, -0.25) is 4.79 Å². The normalized spacial score (nSPS) is 10.7. The van der Waals surface area contributed by atoms with Crippen LogP contribution in [0.2, 0.25) is 0 Å². The molecular formula is C24H22N4O4. The van der Waals surface area contributed by atoms with E-state index >= 15 is 0 Å². The average Bonchev–Trinajstić information content (AvgIpc) is 3.14. The van der Waals surface area contributed by atoms with Crippen molar-refractivity contribution < 1.29 is 19.1 Å². The summed E-state index contributed by atoms with van der Waals surface area (Å²) in [5, 5.41) is 8.46. The highest BCUT2D eigenvalue weighted by atomic mass is 16.7. The predicted octanol–water partition coefficient (Wildman–Crippen LogP) is 4.82. The van der Waals surface area contributed by atoms with Gasteiger partial charge in [-0.2, -0.15) is 9.78 Å². The lowest BCUT2D eigenvalue weighted by atomic mass is 10.1. The molecule has 1 amide bonds. The Balaban J connectivity index is 1.57. The number of nitrogens with zero attached hydrogens (tertiary/aromatic N) is 3. The highest BCUT2D eigenvalue weighted by Crippen LogP contribution is 2.23. The Kier molecular flexibility index (Phi) is 5.85. The van der Waals surface area contributed by atoms with E-state index in [-0.39, 0.29) is 18.3 Å². The maximum atomic E-state index is 12.8. The Labute approximate surface area is 184 Å². The van der Waals surface area contributed by atoms with Gasteiger partial charge in [0.1, 0.15) is 11.6 Å². The minimum absolute atomic E-state index is 0.220. The lowest BCUT2D eigenvalue weighted by molar-refractivity contribution is 0.102. The van der Waals surface area contributed by atoms with E-state index in [1.807, 2.05) is 44.2 Å². The van der Waals surface area contributed by atoms with Gasteiger partial charge in [0, 0.05) is 17.0 Å². The van der Waals surface area contributed by atoms with Crippen LogP contribution in [0.3, 0.4) is 0 Å². The summed E-state index contributed by atoms with van der Waals surface area (Å²) in [4.78, 5) is 28.9. The molecule has 0 saturated carbocycles. The largest absolute Gasteiger partial charge is 0.513 e. The number of pyridine rings is 1. The molecule has 1 N–H and O–H groups in total. The van der Waals surface area contributed by atoms with Gasteiger partial charge in [0.15, 0.2) is 5.82 Å². The molecule has 0 unspecified atom stereocenters. The molecule has 0 radical (unpaired) electrons. The van der Waals surface area contributed by atoms with Crippen LogP contribution in [0.4, 0.5) is 10.6 Å². The van der Waals surface area contributed by atoms with Crippen molar-refractivity contribution in [1.29, 1.82) is 0 Å². The van der Waals surface area contributed by atoms with Gasteiger partial charge in [0.05, 0.1) is 17.8 Å². The molecule has 8 heteroatoms. The fraction of sp³-hybridized carbons (Fsp3) is 0.167. The average molecular weight is 430 g/mol. The number of para-hydroxylation sites is 1. The van der Waals surface area contributed by atoms with Crippen molar-refractivity contribution in [2.24, 2.45) is 0 Å². The van der Waals surface area contributed by atoms with Crippen LogP contribution < -0.4 is 10.1 Å². The zero-order chi connectivity index (χ0) is 22.7. The zero-order valence-corrected chi connectivity index (χ0v) is 18.0. The number of nitrogens with one attached hydrogen (secondary N) is 1. The predicted molar refractivity (Wildman–Crippen MR) is 120 cm³/mol. The molecule has 4 aromatic rings. The van der Waals surface area contributed by atoms with Crippen LogP contribution in [0.1, 0.15) is 28.5 Å². The van der Waals surface area contributed by atoms with Crippen molar-refractivity contribution >= 4 is 28.8 Å². The summed E-state index contributed by atoms with van der Waals surface area (Å²) in [6.07, 6.45) is -0.790. The summed E-state index contributed by atoms with van der Waals surface area (Å²) in [6, 6.07) is 17.8. The van der Waals surface area contributed by atoms with Crippen molar-refractivity contribution in [2.75, 3.05) is 11.9 Å². The van der Waals surface area contributed by atoms with Gasteiger partial charge in [0.25, 0.3) is 5.91 Å². The van der Waals surface area contributed by atoms with E-state index in [2.05, 4.69) is 10.4 Å². The summed E-state index contributed by atoms with van der Waals surface area (Å²) in [5.41, 5.74) is 3.05. The lowest BCUT2D eigenvalue weighted by Crippen LogP contribution is -2.16. The second-order valence-corrected chi connectivity index (χ2v) is 7.16. The Morgan fingerprint density at radius 3 is 2.53 bits per heavy atom. The van der Waals surface area contributed by atoms with Crippen molar-refractivity contribution in [3.63, 3.8) is 0 Å². The quantitative estimate of drug-likeness (QED) is 0.360. The van der Waals surface area contributed by atoms with Crippen LogP contribution >= 0.6 is 0 Å². The van der Waals surface area contributed by atoms with Crippen LogP contribution in [0, 0.1) is 13.8 Å². The molecule has 0 spiro atoms. The second-order valence-electron chi connectivity index (χ2n) is 7.16. The maximum Gasteiger partial charge on any atom is 0.513 e. The SMILES string of the molecule is CCOC(=O)Oc1ccc(C(=O)Nc2cc(C)nn2-c2cc(C)c3ccccc3n2)cc1. The number of rotatable bonds is 5. The first-order valence-corrected chi connectivity index (χ1v) is 10.1. The van der Waals surface area contributed by atoms with Crippen LogP contribution in [-0.4, -0.2) is 33.4 Å². The van der Waals surface area contributed by atoms with E-state index in [1.54, 1.807) is 29.8 Å². The second kappa shape index (κ2) is 8.89. The van der Waals surface area contributed by atoms with E-state index in [4.69, 9.17) is 14.5 Å². The van der Waals surface area contributed by atoms with Gasteiger partial charge in [0.2, 0.25) is 0 Å². The first-order valence-electron chi connectivity index (χ1n) is 10.1. The smallest absolute Gasteiger partial charge is 0.434 e. The molecule has 0 bridgehead atoms. The van der Waals surface area contributed by atoms with Gasteiger partial charge < -0.3 is 14.8 Å². The van der Waals surface area contributed by atoms with E-state index < -0.39 is 6.16 Å². The number of hydrogen-bond acceptors (Lipinski definition) is 6. The number of hydrogen-bond donors (Lipinski definition) is 1. The number of aryl methyl sites for hydroxylation is 2. The van der Waals surface area contributed by atoms with Crippen LogP contribution in [-0.2, 0) is 4.74 Å². The molecule has 162 valence electrons. The third kappa shape index (κ3) is 4.44. The molecule has 2 aromatic heterocycles. The summed E-state index contributed by atoms with van der Waals surface area (Å²) in [5.74, 6) is 1.08. The summed E-state index contributed by atoms with van der Waals surface area (Å²) in [7, 11) is 0. The van der Waals surface area contributed by atoms with Gasteiger partial charge >= 0.3 is 6.16 Å². The van der Waals surface area contributed by atoms with E-state index in [9.17, 15) is 9.59 Å². The third-order valence-electron chi connectivity index (χ3n) is 4.78. The minimum Gasteiger partial charge on any atom is -0.434 e. The fourth-order valence-electron chi connectivity index (χ4n) is 3.31. The Morgan fingerprint density at radius 2 is 1.78 bits per heavy atom. The first kappa shape index (κ1) is 21.0. The molecule has 0 aliphatic carbocycles. The molecule has 2 heterocycles. The number of ether oxygens (including phenoxy) is 2. The van der Waals surface area contributed by atoms with Gasteiger partial charge in [-0.05, 0) is 62.7 Å². The number of aromatic nitrogens is 3. The topological polar surface area (TPSA) is 95.3 Å². The van der Waals surface area contributed by atoms with E-state index in [1.165, 1.54) is 12.1 Å². The number of benzene rings is 2. The van der Waals surface area contributed by atoms with Crippen molar-refractivity contribution in [3.05, 3.63) is 77.5 Å². The molecule has 8 nitrogen and oxygen atoms in total. The molecule has 32 heavy (non-hydrogen) atoms. The maximum absolute atomic E-state index is 12.8. The van der Waals surface area contributed by atoms with Crippen molar-refractivity contribution in [3.8, 4) is 11.6 Å². The summed E-state index contributed by atoms with van der Waals surface area (Å²) < 4.78 is 11.4. The van der Waals surface area contributed by atoms with Gasteiger partial charge in [-0.15, -0.1) is 0 Å². The molecular weight excluding hydrogens is 408 g/mol. The van der Waals surface area contributed by atoms with Gasteiger partial charge in [-0.1, -0.05) is 18.2 Å². The number of carbonyl (C=O) groups is 2. The van der Waals surface area contributed by atoms with E-state index in [0.717, 1.165) is 22.2 Å². The summed E-state index contributed by atoms with van der Waals surface area (Å²) >= 11 is 0. The van der Waals surface area contributed by atoms with Crippen molar-refractivity contribution in [1.82, 2.24) is 14.8 Å². The molecule has 2 aromatic carbocycles. The minimum atomic E-state index is -0.790. The molecule has 0 fully saturated rings. The van der Waals surface area contributed by atoms with Gasteiger partial charge in [-0.25, -0.2) is 9.78 Å². The molecule has 4 rings (SSSR count).